The number of aryl methyl sites for hydroxylation is 2. The zero-order valence-corrected chi connectivity index (χ0v) is 37.1. The fourth-order valence-corrected chi connectivity index (χ4v) is 8.25. The lowest BCUT2D eigenvalue weighted by Gasteiger charge is -2.35. The van der Waals surface area contributed by atoms with Crippen molar-refractivity contribution in [3.8, 4) is 34.5 Å². The summed E-state index contributed by atoms with van der Waals surface area (Å²) in [7, 11) is 0. The largest absolute Gasteiger partial charge is 0.507 e. The molecule has 8 rings (SSSR count). The van der Waals surface area contributed by atoms with Crippen LogP contribution in [0.3, 0.4) is 0 Å². The number of benzene rings is 4. The van der Waals surface area contributed by atoms with Crippen LogP contribution >= 0.6 is 0 Å². The van der Waals surface area contributed by atoms with E-state index < -0.39 is 35.5 Å². The Hall–Kier alpha value is -5.98. The average Bonchev–Trinajstić information content (AvgIpc) is 3.73. The van der Waals surface area contributed by atoms with Crippen molar-refractivity contribution in [2.24, 2.45) is 0 Å². The average molecular weight is 847 g/mol. The van der Waals surface area contributed by atoms with Crippen molar-refractivity contribution in [1.29, 1.82) is 0 Å². The molecule has 4 atom stereocenters. The third-order valence-electron chi connectivity index (χ3n) is 11.6. The predicted octanol–water partition coefficient (Wildman–Crippen LogP) is 7.91. The lowest BCUT2D eigenvalue weighted by molar-refractivity contribution is -0.0660. The third-order valence-corrected chi connectivity index (χ3v) is 11.6. The second-order valence-electron chi connectivity index (χ2n) is 18.4. The van der Waals surface area contributed by atoms with Crippen molar-refractivity contribution in [1.82, 2.24) is 10.6 Å². The smallest absolute Gasteiger partial charge is 0.256 e. The highest BCUT2D eigenvalue weighted by Crippen LogP contribution is 2.48. The van der Waals surface area contributed by atoms with Gasteiger partial charge in [-0.05, 0) is 152 Å². The second kappa shape index (κ2) is 16.7. The number of allylic oxidation sites excluding steroid dienone is 4. The van der Waals surface area contributed by atoms with Crippen molar-refractivity contribution in [3.63, 3.8) is 0 Å². The normalized spacial score (nSPS) is 19.6. The maximum atomic E-state index is 12.8. The zero-order chi connectivity index (χ0) is 45.0. The van der Waals surface area contributed by atoms with Crippen LogP contribution in [0.1, 0.15) is 133 Å². The lowest BCUT2D eigenvalue weighted by atomic mass is 9.89. The SMILES string of the molecule is CC(C)=CCc1ccc(O)c2c1[C@@H](c1cc(C)cc3c1O[C@H](C(C)(C)O)CO3)NC2=O.CC(C)=CCc1ccc(O)c2c1[C@H](c1cc(C)cc3c1O[C@H](C(C)(C)O)CO3)NC2=O. The van der Waals surface area contributed by atoms with Crippen molar-refractivity contribution in [3.05, 3.63) is 127 Å². The number of aromatic hydroxyl groups is 2. The van der Waals surface area contributed by atoms with Crippen molar-refractivity contribution < 1.29 is 49.0 Å². The van der Waals surface area contributed by atoms with E-state index in [-0.39, 0.29) is 36.5 Å². The Morgan fingerprint density at radius 3 is 1.35 bits per heavy atom. The van der Waals surface area contributed by atoms with Gasteiger partial charge in [0.2, 0.25) is 0 Å². The molecule has 4 aromatic rings. The second-order valence-corrected chi connectivity index (χ2v) is 18.4. The molecule has 12 nitrogen and oxygen atoms in total. The summed E-state index contributed by atoms with van der Waals surface area (Å²) in [5.41, 5.74) is 7.63. The van der Waals surface area contributed by atoms with Gasteiger partial charge in [-0.1, -0.05) is 35.4 Å². The van der Waals surface area contributed by atoms with Crippen molar-refractivity contribution in [2.75, 3.05) is 13.2 Å². The first-order valence-corrected chi connectivity index (χ1v) is 21.0. The summed E-state index contributed by atoms with van der Waals surface area (Å²) in [5, 5.41) is 47.9. The minimum absolute atomic E-state index is 0.0380. The van der Waals surface area contributed by atoms with Gasteiger partial charge in [-0.25, -0.2) is 0 Å². The van der Waals surface area contributed by atoms with Crippen LogP contribution in [0.5, 0.6) is 34.5 Å². The zero-order valence-electron chi connectivity index (χ0n) is 37.1. The molecule has 0 saturated carbocycles. The van der Waals surface area contributed by atoms with Crippen LogP contribution in [0.2, 0.25) is 0 Å². The lowest BCUT2D eigenvalue weighted by Crippen LogP contribution is -2.46. The molecule has 4 aliphatic heterocycles. The van der Waals surface area contributed by atoms with E-state index in [1.54, 1.807) is 39.8 Å². The third kappa shape index (κ3) is 8.71. The van der Waals surface area contributed by atoms with Gasteiger partial charge >= 0.3 is 0 Å². The number of hydrogen-bond donors (Lipinski definition) is 6. The van der Waals surface area contributed by atoms with Crippen LogP contribution in [0.25, 0.3) is 0 Å². The summed E-state index contributed by atoms with van der Waals surface area (Å²) in [6.07, 6.45) is 4.39. The number of phenols is 2. The van der Waals surface area contributed by atoms with E-state index in [0.717, 1.165) is 44.5 Å². The van der Waals surface area contributed by atoms with Crippen LogP contribution in [0.15, 0.2) is 71.8 Å². The minimum Gasteiger partial charge on any atom is -0.507 e. The molecule has 328 valence electrons. The van der Waals surface area contributed by atoms with Crippen LogP contribution in [0, 0.1) is 13.8 Å². The molecule has 0 aliphatic carbocycles. The molecular formula is C50H58N2O10. The molecule has 6 N–H and O–H groups in total. The number of fused-ring (bicyclic) bond motifs is 4. The highest BCUT2D eigenvalue weighted by atomic mass is 16.6. The van der Waals surface area contributed by atoms with E-state index in [4.69, 9.17) is 18.9 Å². The van der Waals surface area contributed by atoms with Gasteiger partial charge < -0.3 is 50.0 Å². The number of rotatable bonds is 8. The Labute approximate surface area is 363 Å². The van der Waals surface area contributed by atoms with Crippen LogP contribution in [-0.4, -0.2) is 68.9 Å². The van der Waals surface area contributed by atoms with Gasteiger partial charge in [-0.15, -0.1) is 0 Å². The maximum absolute atomic E-state index is 12.8. The Balaban J connectivity index is 0.000000186. The molecular weight excluding hydrogens is 789 g/mol. The topological polar surface area (TPSA) is 176 Å². The van der Waals surface area contributed by atoms with Crippen LogP contribution in [0.4, 0.5) is 0 Å². The quantitative estimate of drug-likeness (QED) is 0.0957. The molecule has 0 fully saturated rings. The number of hydrogen-bond acceptors (Lipinski definition) is 10. The van der Waals surface area contributed by atoms with Gasteiger partial charge in [0, 0.05) is 11.1 Å². The summed E-state index contributed by atoms with van der Waals surface area (Å²) in [4.78, 5) is 25.7. The van der Waals surface area contributed by atoms with Gasteiger partial charge in [-0.2, -0.15) is 0 Å². The van der Waals surface area contributed by atoms with E-state index in [1.165, 1.54) is 11.1 Å². The number of phenolic OH excluding ortho intramolecular Hbond substituents is 2. The summed E-state index contributed by atoms with van der Waals surface area (Å²) in [6, 6.07) is 13.6. The van der Waals surface area contributed by atoms with Crippen LogP contribution in [-0.2, 0) is 12.8 Å². The van der Waals surface area contributed by atoms with Crippen molar-refractivity contribution in [2.45, 2.75) is 118 Å². The molecule has 0 saturated heterocycles. The Bertz CT molecular complexity index is 2330. The molecule has 0 unspecified atom stereocenters. The number of carbonyl (C=O) groups excluding carboxylic acids is 2. The van der Waals surface area contributed by atoms with E-state index in [9.17, 15) is 30.0 Å². The highest BCUT2D eigenvalue weighted by Gasteiger charge is 2.42. The molecule has 0 aromatic heterocycles. The summed E-state index contributed by atoms with van der Waals surface area (Å²) in [5.74, 6) is 1.49. The monoisotopic (exact) mass is 846 g/mol. The van der Waals surface area contributed by atoms with E-state index in [0.29, 0.717) is 47.0 Å². The molecule has 0 bridgehead atoms. The summed E-state index contributed by atoms with van der Waals surface area (Å²) >= 11 is 0. The Morgan fingerprint density at radius 1 is 0.645 bits per heavy atom. The van der Waals surface area contributed by atoms with Gasteiger partial charge in [0.15, 0.2) is 35.2 Å². The van der Waals surface area contributed by atoms with Crippen molar-refractivity contribution >= 4 is 11.8 Å². The number of amides is 2. The fraction of sp³-hybridized carbons (Fsp3) is 0.400. The summed E-state index contributed by atoms with van der Waals surface area (Å²) < 4.78 is 24.3. The molecule has 12 heteroatoms. The molecule has 0 spiro atoms. The predicted molar refractivity (Wildman–Crippen MR) is 236 cm³/mol. The van der Waals surface area contributed by atoms with Gasteiger partial charge in [0.1, 0.15) is 24.7 Å². The number of aliphatic hydroxyl groups is 2. The van der Waals surface area contributed by atoms with E-state index in [1.807, 2.05) is 77.9 Å². The number of nitrogens with one attached hydrogen (secondary N) is 2. The molecule has 62 heavy (non-hydrogen) atoms. The molecule has 4 aromatic carbocycles. The van der Waals surface area contributed by atoms with E-state index in [2.05, 4.69) is 22.8 Å². The fourth-order valence-electron chi connectivity index (χ4n) is 8.25. The Kier molecular flexibility index (Phi) is 11.9. The van der Waals surface area contributed by atoms with Crippen LogP contribution < -0.4 is 29.6 Å². The molecule has 4 heterocycles. The number of carbonyl (C=O) groups is 2. The first-order valence-electron chi connectivity index (χ1n) is 21.0. The first-order chi connectivity index (χ1) is 29.1. The standard InChI is InChI=1S/2C25H29NO5/c2*1-13(2)6-7-15-8-9-17(27)21-20(15)22(26-24(21)28)16-10-14(3)11-18-23(16)31-19(12-30-18)25(4,5)29/h2*6,8-11,19,22,27,29H,7,12H2,1-5H3,(H,26,28)/t19-,22+;19-,22-/m00/s1. The Morgan fingerprint density at radius 2 is 1.02 bits per heavy atom. The van der Waals surface area contributed by atoms with Gasteiger partial charge in [0.25, 0.3) is 11.8 Å². The maximum Gasteiger partial charge on any atom is 0.256 e. The van der Waals surface area contributed by atoms with E-state index >= 15 is 0 Å². The minimum atomic E-state index is -1.09. The van der Waals surface area contributed by atoms with Gasteiger partial charge in [0.05, 0.1) is 34.4 Å². The first kappa shape index (κ1) is 44.1. The highest BCUT2D eigenvalue weighted by molar-refractivity contribution is 6.03. The molecule has 4 aliphatic rings. The number of ether oxygens (including phenoxy) is 4. The summed E-state index contributed by atoms with van der Waals surface area (Å²) in [6.45, 7) is 19.2. The molecule has 2 amide bonds. The van der Waals surface area contributed by atoms with Gasteiger partial charge in [-0.3, -0.25) is 9.59 Å². The molecule has 0 radical (unpaired) electrons.